The Morgan fingerprint density at radius 3 is 2.53 bits per heavy atom. The number of ether oxygens (including phenoxy) is 1. The van der Waals surface area contributed by atoms with Crippen molar-refractivity contribution in [2.24, 2.45) is 5.10 Å². The van der Waals surface area contributed by atoms with E-state index in [1.807, 2.05) is 12.1 Å². The first-order valence-corrected chi connectivity index (χ1v) is 12.9. The number of hydrogen-bond donors (Lipinski definition) is 1. The van der Waals surface area contributed by atoms with Gasteiger partial charge in [-0.3, -0.25) is 4.72 Å². The third-order valence-electron chi connectivity index (χ3n) is 4.60. The topological polar surface area (TPSA) is 105 Å². The van der Waals surface area contributed by atoms with Crippen molar-refractivity contribution in [3.63, 3.8) is 0 Å². The lowest BCUT2D eigenvalue weighted by molar-refractivity contribution is 0.368. The molecule has 1 atom stereocenters. The first-order valence-electron chi connectivity index (χ1n) is 9.44. The number of methoxy groups -OCH3 is 1. The zero-order chi connectivity index (χ0) is 21.9. The molecular formula is C20H25N3O5S2. The second-order valence-corrected chi connectivity index (χ2v) is 10.8. The van der Waals surface area contributed by atoms with Gasteiger partial charge in [0, 0.05) is 12.1 Å². The molecule has 0 saturated carbocycles. The van der Waals surface area contributed by atoms with Crippen molar-refractivity contribution in [1.29, 1.82) is 0 Å². The Kier molecular flexibility index (Phi) is 6.37. The molecular weight excluding hydrogens is 426 g/mol. The van der Waals surface area contributed by atoms with Gasteiger partial charge in [0.25, 0.3) is 0 Å². The van der Waals surface area contributed by atoms with Crippen LogP contribution in [0.15, 0.2) is 53.6 Å². The van der Waals surface area contributed by atoms with Gasteiger partial charge in [-0.15, -0.1) is 0 Å². The Morgan fingerprint density at radius 2 is 1.87 bits per heavy atom. The second-order valence-electron chi connectivity index (χ2n) is 7.09. The number of rotatable bonds is 8. The molecule has 162 valence electrons. The summed E-state index contributed by atoms with van der Waals surface area (Å²) < 4.78 is 57.8. The Labute approximate surface area is 177 Å². The molecule has 3 rings (SSSR count). The van der Waals surface area contributed by atoms with Crippen molar-refractivity contribution in [3.8, 4) is 5.75 Å². The molecule has 30 heavy (non-hydrogen) atoms. The van der Waals surface area contributed by atoms with Gasteiger partial charge in [0.15, 0.2) is 0 Å². The van der Waals surface area contributed by atoms with Crippen molar-refractivity contribution < 1.29 is 21.6 Å². The van der Waals surface area contributed by atoms with Crippen molar-refractivity contribution >= 4 is 31.4 Å². The fraction of sp³-hybridized carbons (Fsp3) is 0.350. The molecule has 0 amide bonds. The average Bonchev–Trinajstić information content (AvgIpc) is 3.13. The van der Waals surface area contributed by atoms with Gasteiger partial charge >= 0.3 is 0 Å². The smallest absolute Gasteiger partial charge is 0.250 e. The maximum Gasteiger partial charge on any atom is 0.250 e. The summed E-state index contributed by atoms with van der Waals surface area (Å²) in [6.45, 7) is 1.80. The molecule has 10 heteroatoms. The third kappa shape index (κ3) is 5.11. The van der Waals surface area contributed by atoms with E-state index in [4.69, 9.17) is 4.74 Å². The summed E-state index contributed by atoms with van der Waals surface area (Å²) in [5.41, 5.74) is 2.40. The highest BCUT2D eigenvalue weighted by Crippen LogP contribution is 2.36. The van der Waals surface area contributed by atoms with Crippen LogP contribution in [-0.2, 0) is 20.0 Å². The minimum atomic E-state index is -3.61. The van der Waals surface area contributed by atoms with Gasteiger partial charge in [-0.2, -0.15) is 9.52 Å². The number of benzene rings is 2. The van der Waals surface area contributed by atoms with Gasteiger partial charge in [-0.1, -0.05) is 31.2 Å². The van der Waals surface area contributed by atoms with Crippen LogP contribution in [0.3, 0.4) is 0 Å². The number of nitrogens with one attached hydrogen (secondary N) is 1. The van der Waals surface area contributed by atoms with Gasteiger partial charge in [0.05, 0.1) is 30.9 Å². The lowest BCUT2D eigenvalue weighted by Gasteiger charge is -2.23. The average molecular weight is 452 g/mol. The highest BCUT2D eigenvalue weighted by molar-refractivity contribution is 7.92. The van der Waals surface area contributed by atoms with E-state index in [1.165, 1.54) is 4.41 Å². The minimum absolute atomic E-state index is 0.0140. The van der Waals surface area contributed by atoms with E-state index in [2.05, 4.69) is 9.82 Å². The van der Waals surface area contributed by atoms with Gasteiger partial charge < -0.3 is 4.74 Å². The Hall–Kier alpha value is -2.59. The Morgan fingerprint density at radius 1 is 1.13 bits per heavy atom. The minimum Gasteiger partial charge on any atom is -0.497 e. The molecule has 0 spiro atoms. The zero-order valence-corrected chi connectivity index (χ0v) is 18.7. The SMILES string of the molecule is CCCS(=O)(=O)N1N=C(c2cccc(NS(C)(=O)=O)c2)C[C@H]1c1cccc(OC)c1. The summed E-state index contributed by atoms with van der Waals surface area (Å²) in [6.07, 6.45) is 1.91. The van der Waals surface area contributed by atoms with E-state index >= 15 is 0 Å². The molecule has 2 aromatic carbocycles. The lowest BCUT2D eigenvalue weighted by Crippen LogP contribution is -2.29. The molecule has 0 saturated heterocycles. The van der Waals surface area contributed by atoms with Crippen LogP contribution >= 0.6 is 0 Å². The number of anilines is 1. The number of hydrogen-bond acceptors (Lipinski definition) is 6. The fourth-order valence-corrected chi connectivity index (χ4v) is 5.41. The predicted octanol–water partition coefficient (Wildman–Crippen LogP) is 2.96. The van der Waals surface area contributed by atoms with Crippen LogP contribution in [-0.4, -0.2) is 46.1 Å². The van der Waals surface area contributed by atoms with Crippen LogP contribution in [0.5, 0.6) is 5.75 Å². The molecule has 0 bridgehead atoms. The maximum absolute atomic E-state index is 12.9. The van der Waals surface area contributed by atoms with E-state index < -0.39 is 26.1 Å². The molecule has 1 aliphatic rings. The third-order valence-corrected chi connectivity index (χ3v) is 7.03. The van der Waals surface area contributed by atoms with Crippen LogP contribution in [0.25, 0.3) is 0 Å². The maximum atomic E-state index is 12.9. The highest BCUT2D eigenvalue weighted by atomic mass is 32.2. The van der Waals surface area contributed by atoms with Crippen LogP contribution in [0.1, 0.15) is 36.9 Å². The molecule has 0 aromatic heterocycles. The molecule has 2 aromatic rings. The van der Waals surface area contributed by atoms with Gasteiger partial charge in [0.1, 0.15) is 5.75 Å². The molecule has 0 radical (unpaired) electrons. The van der Waals surface area contributed by atoms with Crippen LogP contribution in [0, 0.1) is 0 Å². The summed E-state index contributed by atoms with van der Waals surface area (Å²) in [4.78, 5) is 0. The predicted molar refractivity (Wildman–Crippen MR) is 118 cm³/mol. The summed E-state index contributed by atoms with van der Waals surface area (Å²) in [5, 5.41) is 4.44. The first kappa shape index (κ1) is 22.1. The Bertz CT molecular complexity index is 1160. The summed E-state index contributed by atoms with van der Waals surface area (Å²) in [5.74, 6) is 0.619. The van der Waals surface area contributed by atoms with E-state index in [1.54, 1.807) is 50.4 Å². The number of sulfonamides is 2. The molecule has 1 aliphatic heterocycles. The standard InChI is InChI=1S/C20H25N3O5S2/c1-4-11-30(26,27)23-20(16-8-6-10-18(13-16)28-2)14-19(21-23)15-7-5-9-17(12-15)22-29(3,24)25/h5-10,12-13,20,22H,4,11,14H2,1-3H3/t20-/m0/s1. The number of nitrogens with zero attached hydrogens (tertiary/aromatic N) is 2. The molecule has 8 nitrogen and oxygen atoms in total. The second kappa shape index (κ2) is 8.65. The molecule has 1 heterocycles. The molecule has 1 N–H and O–H groups in total. The quantitative estimate of drug-likeness (QED) is 0.664. The fourth-order valence-electron chi connectivity index (χ4n) is 3.34. The van der Waals surface area contributed by atoms with E-state index in [0.29, 0.717) is 35.6 Å². The van der Waals surface area contributed by atoms with Crippen LogP contribution in [0.4, 0.5) is 5.69 Å². The van der Waals surface area contributed by atoms with Crippen molar-refractivity contribution in [2.45, 2.75) is 25.8 Å². The zero-order valence-electron chi connectivity index (χ0n) is 17.1. The summed E-state index contributed by atoms with van der Waals surface area (Å²) >= 11 is 0. The van der Waals surface area contributed by atoms with Gasteiger partial charge in [-0.05, 0) is 41.8 Å². The largest absolute Gasteiger partial charge is 0.497 e. The first-order chi connectivity index (χ1) is 14.1. The normalized spacial score (nSPS) is 17.0. The van der Waals surface area contributed by atoms with Crippen molar-refractivity contribution in [1.82, 2.24) is 4.41 Å². The van der Waals surface area contributed by atoms with E-state index in [0.717, 1.165) is 11.8 Å². The van der Waals surface area contributed by atoms with Gasteiger partial charge in [-0.25, -0.2) is 16.8 Å². The Balaban J connectivity index is 2.01. The monoisotopic (exact) mass is 451 g/mol. The van der Waals surface area contributed by atoms with Crippen molar-refractivity contribution in [2.75, 3.05) is 23.8 Å². The molecule has 0 unspecified atom stereocenters. The molecule has 0 aliphatic carbocycles. The molecule has 0 fully saturated rings. The van der Waals surface area contributed by atoms with Crippen molar-refractivity contribution in [3.05, 3.63) is 59.7 Å². The van der Waals surface area contributed by atoms with Crippen LogP contribution < -0.4 is 9.46 Å². The van der Waals surface area contributed by atoms with E-state index in [9.17, 15) is 16.8 Å². The van der Waals surface area contributed by atoms with Gasteiger partial charge in [0.2, 0.25) is 20.0 Å². The highest BCUT2D eigenvalue weighted by Gasteiger charge is 2.36. The summed E-state index contributed by atoms with van der Waals surface area (Å²) in [7, 11) is -5.49. The van der Waals surface area contributed by atoms with E-state index in [-0.39, 0.29) is 5.75 Å². The summed E-state index contributed by atoms with van der Waals surface area (Å²) in [6, 6.07) is 13.5. The number of hydrazone groups is 1. The lowest BCUT2D eigenvalue weighted by atomic mass is 9.99. The van der Waals surface area contributed by atoms with Crippen LogP contribution in [0.2, 0.25) is 0 Å².